The van der Waals surface area contributed by atoms with Crippen LogP contribution in [0, 0.1) is 0 Å². The Morgan fingerprint density at radius 3 is 2.72 bits per heavy atom. The van der Waals surface area contributed by atoms with Gasteiger partial charge in [-0.2, -0.15) is 0 Å². The molecule has 0 aliphatic heterocycles. The molecule has 0 radical (unpaired) electrons. The van der Waals surface area contributed by atoms with Crippen LogP contribution < -0.4 is 16.2 Å². The first kappa shape index (κ1) is 21.4. The summed E-state index contributed by atoms with van der Waals surface area (Å²) in [6, 6.07) is 6.91. The van der Waals surface area contributed by atoms with E-state index in [1.54, 1.807) is 16.7 Å². The number of urea groups is 1. The van der Waals surface area contributed by atoms with Crippen molar-refractivity contribution in [2.75, 3.05) is 5.75 Å². The molecule has 0 unspecified atom stereocenters. The zero-order valence-corrected chi connectivity index (χ0v) is 17.6. The molecule has 1 heterocycles. The number of para-hydroxylation sites is 1. The predicted molar refractivity (Wildman–Crippen MR) is 115 cm³/mol. The van der Waals surface area contributed by atoms with Crippen molar-refractivity contribution in [1.82, 2.24) is 20.2 Å². The molecule has 0 atom stereocenters. The zero-order chi connectivity index (χ0) is 20.6. The topological polar surface area (TPSA) is 93.1 Å². The molecule has 1 aromatic carbocycles. The maximum absolute atomic E-state index is 12.8. The molecule has 2 N–H and O–H groups in total. The SMILES string of the molecule is CCCCn1c(SCC(=O)NC(=O)NC2CCCCC2)nc2ccccc2c1=O. The first-order valence-corrected chi connectivity index (χ1v) is 11.3. The average molecular weight is 417 g/mol. The number of carbonyl (C=O) groups excluding carboxylic acids is 2. The fraction of sp³-hybridized carbons (Fsp3) is 0.524. The first-order chi connectivity index (χ1) is 14.1. The van der Waals surface area contributed by atoms with E-state index < -0.39 is 11.9 Å². The Kier molecular flexibility index (Phi) is 7.69. The van der Waals surface area contributed by atoms with Gasteiger partial charge in [-0.1, -0.05) is 56.5 Å². The predicted octanol–water partition coefficient (Wildman–Crippen LogP) is 3.45. The average Bonchev–Trinajstić information content (AvgIpc) is 2.72. The summed E-state index contributed by atoms with van der Waals surface area (Å²) in [6.45, 7) is 2.62. The molecule has 1 aromatic heterocycles. The molecule has 2 aromatic rings. The molecule has 3 amide bonds. The van der Waals surface area contributed by atoms with E-state index in [9.17, 15) is 14.4 Å². The number of rotatable bonds is 7. The summed E-state index contributed by atoms with van der Waals surface area (Å²) in [5.41, 5.74) is 0.519. The van der Waals surface area contributed by atoms with Crippen LogP contribution in [-0.2, 0) is 11.3 Å². The summed E-state index contributed by atoms with van der Waals surface area (Å²) in [4.78, 5) is 41.7. The van der Waals surface area contributed by atoms with E-state index in [2.05, 4.69) is 22.5 Å². The molecule has 1 aliphatic rings. The molecule has 0 saturated heterocycles. The third-order valence-corrected chi connectivity index (χ3v) is 6.06. The Morgan fingerprint density at radius 1 is 1.21 bits per heavy atom. The van der Waals surface area contributed by atoms with Gasteiger partial charge in [0.25, 0.3) is 5.56 Å². The minimum Gasteiger partial charge on any atom is -0.335 e. The maximum Gasteiger partial charge on any atom is 0.321 e. The highest BCUT2D eigenvalue weighted by atomic mass is 32.2. The molecule has 8 heteroatoms. The number of hydrogen-bond donors (Lipinski definition) is 2. The Morgan fingerprint density at radius 2 is 1.97 bits per heavy atom. The number of unbranched alkanes of at least 4 members (excludes halogenated alkanes) is 1. The van der Waals surface area contributed by atoms with Crippen LogP contribution in [0.5, 0.6) is 0 Å². The van der Waals surface area contributed by atoms with E-state index in [4.69, 9.17) is 0 Å². The second-order valence-electron chi connectivity index (χ2n) is 7.37. The summed E-state index contributed by atoms with van der Waals surface area (Å²) in [7, 11) is 0. The van der Waals surface area contributed by atoms with Gasteiger partial charge in [-0.15, -0.1) is 0 Å². The monoisotopic (exact) mass is 416 g/mol. The number of benzene rings is 1. The summed E-state index contributed by atoms with van der Waals surface area (Å²) in [5.74, 6) is -0.373. The molecule has 1 fully saturated rings. The van der Waals surface area contributed by atoms with Gasteiger partial charge < -0.3 is 5.32 Å². The lowest BCUT2D eigenvalue weighted by Crippen LogP contribution is -2.45. The molecule has 0 bridgehead atoms. The van der Waals surface area contributed by atoms with Crippen molar-refractivity contribution in [2.24, 2.45) is 0 Å². The van der Waals surface area contributed by atoms with Crippen LogP contribution in [0.1, 0.15) is 51.9 Å². The Balaban J connectivity index is 1.64. The van der Waals surface area contributed by atoms with Crippen LogP contribution in [0.4, 0.5) is 4.79 Å². The molecular weight excluding hydrogens is 388 g/mol. The number of thioether (sulfide) groups is 1. The van der Waals surface area contributed by atoms with Crippen molar-refractivity contribution < 1.29 is 9.59 Å². The summed E-state index contributed by atoms with van der Waals surface area (Å²) >= 11 is 1.18. The molecule has 0 spiro atoms. The first-order valence-electron chi connectivity index (χ1n) is 10.3. The number of aromatic nitrogens is 2. The van der Waals surface area contributed by atoms with E-state index >= 15 is 0 Å². The largest absolute Gasteiger partial charge is 0.335 e. The quantitative estimate of drug-likeness (QED) is 0.533. The van der Waals surface area contributed by atoms with Crippen molar-refractivity contribution in [1.29, 1.82) is 0 Å². The molecule has 29 heavy (non-hydrogen) atoms. The van der Waals surface area contributed by atoms with Gasteiger partial charge in [-0.05, 0) is 31.4 Å². The summed E-state index contributed by atoms with van der Waals surface area (Å²) < 4.78 is 1.63. The number of imide groups is 1. The number of nitrogens with one attached hydrogen (secondary N) is 2. The maximum atomic E-state index is 12.8. The van der Waals surface area contributed by atoms with E-state index in [1.165, 1.54) is 18.2 Å². The van der Waals surface area contributed by atoms with Crippen LogP contribution in [0.15, 0.2) is 34.2 Å². The van der Waals surface area contributed by atoms with Gasteiger partial charge >= 0.3 is 6.03 Å². The Bertz CT molecular complexity index is 922. The minimum atomic E-state index is -0.447. The van der Waals surface area contributed by atoms with Gasteiger partial charge in [0.2, 0.25) is 5.91 Å². The number of amides is 3. The molecular formula is C21H28N4O3S. The number of nitrogens with zero attached hydrogens (tertiary/aromatic N) is 2. The van der Waals surface area contributed by atoms with Gasteiger partial charge in [0.15, 0.2) is 5.16 Å². The van der Waals surface area contributed by atoms with Crippen molar-refractivity contribution in [3.63, 3.8) is 0 Å². The summed E-state index contributed by atoms with van der Waals surface area (Å²) in [6.07, 6.45) is 7.14. The van der Waals surface area contributed by atoms with Gasteiger partial charge in [0.05, 0.1) is 16.7 Å². The molecule has 1 saturated carbocycles. The third-order valence-electron chi connectivity index (χ3n) is 5.09. The fourth-order valence-electron chi connectivity index (χ4n) is 3.53. The third kappa shape index (κ3) is 5.82. The van der Waals surface area contributed by atoms with E-state index in [0.717, 1.165) is 38.5 Å². The molecule has 7 nitrogen and oxygen atoms in total. The zero-order valence-electron chi connectivity index (χ0n) is 16.8. The minimum absolute atomic E-state index is 0.0228. The normalized spacial score (nSPS) is 14.7. The lowest BCUT2D eigenvalue weighted by molar-refractivity contribution is -0.117. The molecule has 156 valence electrons. The van der Waals surface area contributed by atoms with Crippen LogP contribution in [0.3, 0.4) is 0 Å². The van der Waals surface area contributed by atoms with E-state index in [1.807, 2.05) is 12.1 Å². The second-order valence-corrected chi connectivity index (χ2v) is 8.31. The van der Waals surface area contributed by atoms with Crippen LogP contribution in [0.25, 0.3) is 10.9 Å². The van der Waals surface area contributed by atoms with Gasteiger partial charge in [0, 0.05) is 12.6 Å². The standard InChI is InChI=1S/C21H28N4O3S/c1-2-3-13-25-19(27)16-11-7-8-12-17(16)23-21(25)29-14-18(26)24-20(28)22-15-9-5-4-6-10-15/h7-8,11-12,15H,2-6,9-10,13-14H2,1H3,(H2,22,24,26,28). The van der Waals surface area contributed by atoms with Crippen molar-refractivity contribution in [3.05, 3.63) is 34.6 Å². The molecule has 1 aliphatic carbocycles. The number of fused-ring (bicyclic) bond motifs is 1. The highest BCUT2D eigenvalue weighted by Crippen LogP contribution is 2.19. The van der Waals surface area contributed by atoms with Crippen LogP contribution in [0.2, 0.25) is 0 Å². The number of hydrogen-bond acceptors (Lipinski definition) is 5. The van der Waals surface area contributed by atoms with E-state index in [-0.39, 0.29) is 17.4 Å². The Labute approximate surface area is 174 Å². The lowest BCUT2D eigenvalue weighted by Gasteiger charge is -2.22. The lowest BCUT2D eigenvalue weighted by atomic mass is 9.96. The van der Waals surface area contributed by atoms with E-state index in [0.29, 0.717) is 22.6 Å². The van der Waals surface area contributed by atoms with Crippen LogP contribution in [-0.4, -0.2) is 33.3 Å². The van der Waals surface area contributed by atoms with Crippen molar-refractivity contribution >= 4 is 34.6 Å². The number of carbonyl (C=O) groups is 2. The summed E-state index contributed by atoms with van der Waals surface area (Å²) in [5, 5.41) is 6.33. The highest BCUT2D eigenvalue weighted by molar-refractivity contribution is 7.99. The fourth-order valence-corrected chi connectivity index (χ4v) is 4.36. The van der Waals surface area contributed by atoms with Gasteiger partial charge in [-0.3, -0.25) is 19.5 Å². The van der Waals surface area contributed by atoms with Crippen molar-refractivity contribution in [2.45, 2.75) is 69.6 Å². The molecule has 3 rings (SSSR count). The highest BCUT2D eigenvalue weighted by Gasteiger charge is 2.18. The Hall–Kier alpha value is -2.35. The van der Waals surface area contributed by atoms with Gasteiger partial charge in [-0.25, -0.2) is 9.78 Å². The van der Waals surface area contributed by atoms with Crippen LogP contribution >= 0.6 is 11.8 Å². The second kappa shape index (κ2) is 10.4. The smallest absolute Gasteiger partial charge is 0.321 e. The van der Waals surface area contributed by atoms with Gasteiger partial charge in [0.1, 0.15) is 0 Å². The van der Waals surface area contributed by atoms with Crippen molar-refractivity contribution in [3.8, 4) is 0 Å².